The van der Waals surface area contributed by atoms with Crippen LogP contribution in [0, 0.1) is 5.41 Å². The minimum atomic E-state index is 0.535. The van der Waals surface area contributed by atoms with Crippen LogP contribution >= 0.6 is 15.9 Å². The number of rotatable bonds is 2. The van der Waals surface area contributed by atoms with Crippen LogP contribution in [0.4, 0.5) is 5.69 Å². The monoisotopic (exact) mass is 296 g/mol. The van der Waals surface area contributed by atoms with Gasteiger partial charge in [0.05, 0.1) is 10.2 Å². The van der Waals surface area contributed by atoms with Gasteiger partial charge in [-0.15, -0.1) is 0 Å². The minimum Gasteiger partial charge on any atom is -0.371 e. The van der Waals surface area contributed by atoms with Gasteiger partial charge in [0.2, 0.25) is 0 Å². The van der Waals surface area contributed by atoms with Crippen molar-refractivity contribution >= 4 is 21.6 Å². The Morgan fingerprint density at radius 2 is 2.00 bits per heavy atom. The highest BCUT2D eigenvalue weighted by Crippen LogP contribution is 2.38. The molecule has 1 heterocycles. The molecule has 0 bridgehead atoms. The zero-order chi connectivity index (χ0) is 12.5. The summed E-state index contributed by atoms with van der Waals surface area (Å²) in [6, 6.07) is 2.76. The summed E-state index contributed by atoms with van der Waals surface area (Å²) in [6.07, 6.45) is 8.97. The third-order valence-corrected chi connectivity index (χ3v) is 4.60. The lowest BCUT2D eigenvalue weighted by Gasteiger charge is -2.39. The van der Waals surface area contributed by atoms with Gasteiger partial charge < -0.3 is 4.90 Å². The molecule has 2 nitrogen and oxygen atoms in total. The van der Waals surface area contributed by atoms with Gasteiger partial charge in [-0.3, -0.25) is 4.98 Å². The van der Waals surface area contributed by atoms with Crippen molar-refractivity contribution in [1.29, 1.82) is 0 Å². The van der Waals surface area contributed by atoms with E-state index in [4.69, 9.17) is 0 Å². The number of aromatic nitrogens is 1. The predicted octanol–water partition coefficient (Wildman–Crippen LogP) is 4.25. The Hall–Kier alpha value is -0.570. The maximum Gasteiger partial charge on any atom is 0.0592 e. The summed E-state index contributed by atoms with van der Waals surface area (Å²) in [5.41, 5.74) is 1.79. The first-order chi connectivity index (χ1) is 7.99. The fourth-order valence-electron chi connectivity index (χ4n) is 2.62. The fraction of sp³-hybridized carbons (Fsp3) is 0.643. The SMILES string of the molecule is CN(c1ccncc1Br)C1CCC(C)(C)CC1. The van der Waals surface area contributed by atoms with Gasteiger partial charge in [0, 0.05) is 25.5 Å². The minimum absolute atomic E-state index is 0.535. The molecule has 0 atom stereocenters. The molecule has 0 unspecified atom stereocenters. The lowest BCUT2D eigenvalue weighted by Crippen LogP contribution is -2.37. The van der Waals surface area contributed by atoms with Crippen LogP contribution in [0.25, 0.3) is 0 Å². The Balaban J connectivity index is 2.07. The van der Waals surface area contributed by atoms with E-state index >= 15 is 0 Å². The number of nitrogens with zero attached hydrogens (tertiary/aromatic N) is 2. The van der Waals surface area contributed by atoms with E-state index in [2.05, 4.69) is 52.8 Å². The van der Waals surface area contributed by atoms with E-state index in [0.717, 1.165) is 4.47 Å². The summed E-state index contributed by atoms with van der Waals surface area (Å²) in [6.45, 7) is 4.76. The molecule has 1 aromatic rings. The second-order valence-electron chi connectivity index (χ2n) is 5.83. The topological polar surface area (TPSA) is 16.1 Å². The third kappa shape index (κ3) is 3.01. The van der Waals surface area contributed by atoms with Crippen molar-refractivity contribution in [2.75, 3.05) is 11.9 Å². The van der Waals surface area contributed by atoms with Crippen LogP contribution in [0.2, 0.25) is 0 Å². The van der Waals surface area contributed by atoms with Crippen molar-refractivity contribution in [1.82, 2.24) is 4.98 Å². The molecular formula is C14H21BrN2. The molecule has 3 heteroatoms. The Morgan fingerprint density at radius 3 is 2.59 bits per heavy atom. The summed E-state index contributed by atoms with van der Waals surface area (Å²) in [5.74, 6) is 0. The van der Waals surface area contributed by atoms with Crippen molar-refractivity contribution in [2.45, 2.75) is 45.6 Å². The second-order valence-corrected chi connectivity index (χ2v) is 6.69. The molecule has 17 heavy (non-hydrogen) atoms. The highest BCUT2D eigenvalue weighted by Gasteiger charge is 2.29. The lowest BCUT2D eigenvalue weighted by molar-refractivity contribution is 0.222. The van der Waals surface area contributed by atoms with Crippen LogP contribution in [0.1, 0.15) is 39.5 Å². The van der Waals surface area contributed by atoms with E-state index in [0.29, 0.717) is 11.5 Å². The number of hydrogen-bond acceptors (Lipinski definition) is 2. The van der Waals surface area contributed by atoms with E-state index in [9.17, 15) is 0 Å². The van der Waals surface area contributed by atoms with Crippen LogP contribution in [-0.2, 0) is 0 Å². The van der Waals surface area contributed by atoms with E-state index < -0.39 is 0 Å². The van der Waals surface area contributed by atoms with Gasteiger partial charge in [0.25, 0.3) is 0 Å². The van der Waals surface area contributed by atoms with Gasteiger partial charge in [-0.05, 0) is 53.1 Å². The quantitative estimate of drug-likeness (QED) is 0.811. The first-order valence-electron chi connectivity index (χ1n) is 6.32. The van der Waals surface area contributed by atoms with Crippen molar-refractivity contribution in [3.63, 3.8) is 0 Å². The summed E-state index contributed by atoms with van der Waals surface area (Å²) in [5, 5.41) is 0. The number of pyridine rings is 1. The van der Waals surface area contributed by atoms with Gasteiger partial charge in [-0.1, -0.05) is 13.8 Å². The molecule has 0 aliphatic heterocycles. The fourth-order valence-corrected chi connectivity index (χ4v) is 3.15. The van der Waals surface area contributed by atoms with Crippen LogP contribution in [-0.4, -0.2) is 18.1 Å². The highest BCUT2D eigenvalue weighted by molar-refractivity contribution is 9.10. The molecule has 1 fully saturated rings. The van der Waals surface area contributed by atoms with Crippen molar-refractivity contribution in [2.24, 2.45) is 5.41 Å². The molecule has 0 spiro atoms. The molecule has 0 N–H and O–H groups in total. The molecule has 1 saturated carbocycles. The van der Waals surface area contributed by atoms with Crippen molar-refractivity contribution < 1.29 is 0 Å². The summed E-state index contributed by atoms with van der Waals surface area (Å²) >= 11 is 3.58. The van der Waals surface area contributed by atoms with Crippen LogP contribution < -0.4 is 4.90 Å². The zero-order valence-corrected chi connectivity index (χ0v) is 12.5. The van der Waals surface area contributed by atoms with E-state index in [1.165, 1.54) is 31.4 Å². The van der Waals surface area contributed by atoms with Gasteiger partial charge in [-0.25, -0.2) is 0 Å². The van der Waals surface area contributed by atoms with E-state index in [1.54, 1.807) is 0 Å². The molecule has 0 radical (unpaired) electrons. The zero-order valence-electron chi connectivity index (χ0n) is 10.9. The third-order valence-electron chi connectivity index (χ3n) is 3.99. The van der Waals surface area contributed by atoms with Gasteiger partial charge in [0.15, 0.2) is 0 Å². The largest absolute Gasteiger partial charge is 0.371 e. The Labute approximate surface area is 113 Å². The summed E-state index contributed by atoms with van der Waals surface area (Å²) in [7, 11) is 2.20. The molecule has 2 rings (SSSR count). The molecule has 0 amide bonds. The predicted molar refractivity (Wildman–Crippen MR) is 76.4 cm³/mol. The summed E-state index contributed by atoms with van der Waals surface area (Å²) < 4.78 is 1.09. The summed E-state index contributed by atoms with van der Waals surface area (Å²) in [4.78, 5) is 6.53. The maximum absolute atomic E-state index is 4.12. The first-order valence-corrected chi connectivity index (χ1v) is 7.11. The molecule has 1 aliphatic carbocycles. The smallest absolute Gasteiger partial charge is 0.0592 e. The molecule has 0 saturated heterocycles. The van der Waals surface area contributed by atoms with Gasteiger partial charge in [0.1, 0.15) is 0 Å². The van der Waals surface area contributed by atoms with Crippen molar-refractivity contribution in [3.05, 3.63) is 22.9 Å². The second kappa shape index (κ2) is 4.97. The van der Waals surface area contributed by atoms with Crippen LogP contribution in [0.3, 0.4) is 0 Å². The normalized spacial score (nSPS) is 20.2. The van der Waals surface area contributed by atoms with Gasteiger partial charge in [-0.2, -0.15) is 0 Å². The average molecular weight is 297 g/mol. The molecule has 0 aromatic carbocycles. The van der Waals surface area contributed by atoms with E-state index in [-0.39, 0.29) is 0 Å². The standard InChI is InChI=1S/C14H21BrN2/c1-14(2)7-4-11(5-8-14)17(3)13-6-9-16-10-12(13)15/h6,9-11H,4-5,7-8H2,1-3H3. The molecule has 1 aromatic heterocycles. The molecular weight excluding hydrogens is 276 g/mol. The first kappa shape index (κ1) is 12.9. The number of hydrogen-bond donors (Lipinski definition) is 0. The molecule has 94 valence electrons. The Morgan fingerprint density at radius 1 is 1.35 bits per heavy atom. The van der Waals surface area contributed by atoms with E-state index in [1.807, 2.05) is 12.4 Å². The Bertz CT molecular complexity index is 380. The number of halogens is 1. The average Bonchev–Trinajstić information content (AvgIpc) is 2.29. The lowest BCUT2D eigenvalue weighted by atomic mass is 9.75. The van der Waals surface area contributed by atoms with Gasteiger partial charge >= 0.3 is 0 Å². The van der Waals surface area contributed by atoms with Crippen LogP contribution in [0.15, 0.2) is 22.9 Å². The molecule has 1 aliphatic rings. The highest BCUT2D eigenvalue weighted by atomic mass is 79.9. The van der Waals surface area contributed by atoms with Crippen LogP contribution in [0.5, 0.6) is 0 Å². The number of anilines is 1. The Kier molecular flexibility index (Phi) is 3.76. The maximum atomic E-state index is 4.12. The van der Waals surface area contributed by atoms with Crippen molar-refractivity contribution in [3.8, 4) is 0 Å².